The van der Waals surface area contributed by atoms with Crippen molar-refractivity contribution >= 4 is 11.3 Å². The van der Waals surface area contributed by atoms with Crippen molar-refractivity contribution < 1.29 is 0 Å². The Labute approximate surface area is 97.3 Å². The van der Waals surface area contributed by atoms with Crippen LogP contribution in [0.15, 0.2) is 12.1 Å². The van der Waals surface area contributed by atoms with Gasteiger partial charge in [-0.25, -0.2) is 0 Å². The summed E-state index contributed by atoms with van der Waals surface area (Å²) in [6.07, 6.45) is 0. The van der Waals surface area contributed by atoms with Crippen LogP contribution in [0.2, 0.25) is 0 Å². The molecule has 15 heavy (non-hydrogen) atoms. The molecule has 3 heteroatoms. The minimum absolute atomic E-state index is 1.01. The first-order chi connectivity index (χ1) is 7.26. The molecule has 1 heterocycles. The van der Waals surface area contributed by atoms with Crippen molar-refractivity contribution in [3.8, 4) is 0 Å². The van der Waals surface area contributed by atoms with Crippen LogP contribution in [0.25, 0.3) is 0 Å². The normalized spacial score (nSPS) is 11.2. The molecule has 1 N–H and O–H groups in total. The third kappa shape index (κ3) is 4.78. The van der Waals surface area contributed by atoms with Crippen molar-refractivity contribution in [1.82, 2.24) is 10.2 Å². The molecule has 0 saturated heterocycles. The molecule has 0 aliphatic heterocycles. The Morgan fingerprint density at radius 2 is 2.00 bits per heavy atom. The molecule has 1 aromatic heterocycles. The van der Waals surface area contributed by atoms with E-state index in [0.717, 1.165) is 32.7 Å². The molecule has 0 unspecified atom stereocenters. The number of aryl methyl sites for hydroxylation is 1. The largest absolute Gasteiger partial charge is 0.311 e. The molecular weight excluding hydrogens is 204 g/mol. The maximum absolute atomic E-state index is 3.48. The zero-order chi connectivity index (χ0) is 11.1. The van der Waals surface area contributed by atoms with Crippen molar-refractivity contribution in [2.45, 2.75) is 27.3 Å². The molecule has 0 aliphatic carbocycles. The smallest absolute Gasteiger partial charge is 0.0300 e. The second-order valence-corrected chi connectivity index (χ2v) is 5.09. The topological polar surface area (TPSA) is 15.3 Å². The second kappa shape index (κ2) is 6.99. The third-order valence-electron chi connectivity index (χ3n) is 2.59. The molecule has 0 radical (unpaired) electrons. The van der Waals surface area contributed by atoms with E-state index in [0.29, 0.717) is 0 Å². The average molecular weight is 226 g/mol. The van der Waals surface area contributed by atoms with Gasteiger partial charge in [0.2, 0.25) is 0 Å². The average Bonchev–Trinajstić information content (AvgIpc) is 2.65. The van der Waals surface area contributed by atoms with Crippen LogP contribution in [0, 0.1) is 6.92 Å². The van der Waals surface area contributed by atoms with Gasteiger partial charge < -0.3 is 10.2 Å². The van der Waals surface area contributed by atoms with E-state index >= 15 is 0 Å². The fourth-order valence-corrected chi connectivity index (χ4v) is 2.43. The maximum atomic E-state index is 3.48. The zero-order valence-corrected chi connectivity index (χ0v) is 10.9. The molecule has 1 aromatic rings. The Balaban J connectivity index is 2.11. The standard InChI is InChI=1S/C12H22N2S/c1-4-14(5-2)9-8-13-10-12-7-6-11(3)15-12/h6-7,13H,4-5,8-10H2,1-3H3. The van der Waals surface area contributed by atoms with Gasteiger partial charge in [0.25, 0.3) is 0 Å². The van der Waals surface area contributed by atoms with Crippen LogP contribution >= 0.6 is 11.3 Å². The first-order valence-electron chi connectivity index (χ1n) is 5.74. The number of nitrogens with one attached hydrogen (secondary N) is 1. The van der Waals surface area contributed by atoms with Crippen LogP contribution in [-0.4, -0.2) is 31.1 Å². The molecule has 0 bridgehead atoms. The van der Waals surface area contributed by atoms with Crippen molar-refractivity contribution in [3.05, 3.63) is 21.9 Å². The Morgan fingerprint density at radius 3 is 2.53 bits per heavy atom. The Bertz CT molecular complexity index is 266. The number of nitrogens with zero attached hydrogens (tertiary/aromatic N) is 1. The highest BCUT2D eigenvalue weighted by Gasteiger charge is 1.99. The Morgan fingerprint density at radius 1 is 1.27 bits per heavy atom. The van der Waals surface area contributed by atoms with Crippen LogP contribution in [0.1, 0.15) is 23.6 Å². The number of thiophene rings is 1. The van der Waals surface area contributed by atoms with Crippen molar-refractivity contribution in [2.75, 3.05) is 26.2 Å². The lowest BCUT2D eigenvalue weighted by Gasteiger charge is -2.17. The van der Waals surface area contributed by atoms with E-state index in [2.05, 4.69) is 43.1 Å². The van der Waals surface area contributed by atoms with Crippen LogP contribution < -0.4 is 5.32 Å². The van der Waals surface area contributed by atoms with Gasteiger partial charge in [0.05, 0.1) is 0 Å². The number of hydrogen-bond acceptors (Lipinski definition) is 3. The zero-order valence-electron chi connectivity index (χ0n) is 10.0. The summed E-state index contributed by atoms with van der Waals surface area (Å²) in [7, 11) is 0. The highest BCUT2D eigenvalue weighted by atomic mass is 32.1. The summed E-state index contributed by atoms with van der Waals surface area (Å²) in [6, 6.07) is 4.40. The van der Waals surface area contributed by atoms with E-state index in [9.17, 15) is 0 Å². The van der Waals surface area contributed by atoms with E-state index in [4.69, 9.17) is 0 Å². The van der Waals surface area contributed by atoms with Crippen LogP contribution in [0.4, 0.5) is 0 Å². The first kappa shape index (κ1) is 12.7. The molecule has 1 rings (SSSR count). The third-order valence-corrected chi connectivity index (χ3v) is 3.60. The number of hydrogen-bond donors (Lipinski definition) is 1. The monoisotopic (exact) mass is 226 g/mol. The maximum Gasteiger partial charge on any atom is 0.0300 e. The predicted molar refractivity (Wildman–Crippen MR) is 68.6 cm³/mol. The van der Waals surface area contributed by atoms with Crippen molar-refractivity contribution in [2.24, 2.45) is 0 Å². The van der Waals surface area contributed by atoms with Gasteiger partial charge in [0.1, 0.15) is 0 Å². The molecule has 0 spiro atoms. The highest BCUT2D eigenvalue weighted by Crippen LogP contribution is 2.14. The van der Waals surface area contributed by atoms with Crippen LogP contribution in [0.5, 0.6) is 0 Å². The second-order valence-electron chi connectivity index (χ2n) is 3.72. The van der Waals surface area contributed by atoms with Gasteiger partial charge >= 0.3 is 0 Å². The fraction of sp³-hybridized carbons (Fsp3) is 0.667. The van der Waals surface area contributed by atoms with E-state index in [-0.39, 0.29) is 0 Å². The van der Waals surface area contributed by atoms with Crippen molar-refractivity contribution in [1.29, 1.82) is 0 Å². The summed E-state index contributed by atoms with van der Waals surface area (Å²) in [4.78, 5) is 5.27. The van der Waals surface area contributed by atoms with Crippen molar-refractivity contribution in [3.63, 3.8) is 0 Å². The predicted octanol–water partition coefficient (Wildman–Crippen LogP) is 2.49. The molecule has 0 aliphatic rings. The minimum atomic E-state index is 1.01. The van der Waals surface area contributed by atoms with Crippen LogP contribution in [-0.2, 0) is 6.54 Å². The molecule has 0 fully saturated rings. The molecule has 0 amide bonds. The van der Waals surface area contributed by atoms with Gasteiger partial charge in [-0.15, -0.1) is 11.3 Å². The summed E-state index contributed by atoms with van der Waals surface area (Å²) >= 11 is 1.88. The summed E-state index contributed by atoms with van der Waals surface area (Å²) in [5.41, 5.74) is 0. The lowest BCUT2D eigenvalue weighted by molar-refractivity contribution is 0.302. The van der Waals surface area contributed by atoms with E-state index in [1.54, 1.807) is 0 Å². The summed E-state index contributed by atoms with van der Waals surface area (Å²) in [5, 5.41) is 3.48. The van der Waals surface area contributed by atoms with Gasteiger partial charge in [-0.3, -0.25) is 0 Å². The molecule has 0 saturated carbocycles. The fourth-order valence-electron chi connectivity index (χ4n) is 1.57. The molecular formula is C12H22N2S. The lowest BCUT2D eigenvalue weighted by Crippen LogP contribution is -2.31. The number of likely N-dealkylation sites (N-methyl/N-ethyl adjacent to an activating group) is 1. The summed E-state index contributed by atoms with van der Waals surface area (Å²) in [6.45, 7) is 12.1. The van der Waals surface area contributed by atoms with Gasteiger partial charge in [0.15, 0.2) is 0 Å². The van der Waals surface area contributed by atoms with E-state index in [1.807, 2.05) is 11.3 Å². The van der Waals surface area contributed by atoms with Crippen LogP contribution in [0.3, 0.4) is 0 Å². The Hall–Kier alpha value is -0.380. The first-order valence-corrected chi connectivity index (χ1v) is 6.56. The molecule has 0 aromatic carbocycles. The molecule has 0 atom stereocenters. The minimum Gasteiger partial charge on any atom is -0.311 e. The molecule has 86 valence electrons. The van der Waals surface area contributed by atoms with Gasteiger partial charge in [-0.1, -0.05) is 13.8 Å². The number of rotatable bonds is 7. The van der Waals surface area contributed by atoms with Gasteiger partial charge in [-0.05, 0) is 32.1 Å². The SMILES string of the molecule is CCN(CC)CCNCc1ccc(C)s1. The van der Waals surface area contributed by atoms with E-state index in [1.165, 1.54) is 9.75 Å². The van der Waals surface area contributed by atoms with E-state index < -0.39 is 0 Å². The Kier molecular flexibility index (Phi) is 5.91. The van der Waals surface area contributed by atoms with Gasteiger partial charge in [0, 0.05) is 29.4 Å². The van der Waals surface area contributed by atoms with Gasteiger partial charge in [-0.2, -0.15) is 0 Å². The highest BCUT2D eigenvalue weighted by molar-refractivity contribution is 7.11. The summed E-state index contributed by atoms with van der Waals surface area (Å²) in [5.74, 6) is 0. The quantitative estimate of drug-likeness (QED) is 0.719. The molecule has 2 nitrogen and oxygen atoms in total. The lowest BCUT2D eigenvalue weighted by atomic mass is 10.4. The summed E-state index contributed by atoms with van der Waals surface area (Å²) < 4.78 is 0.